The molecule has 3 heterocycles. The van der Waals surface area contributed by atoms with Crippen LogP contribution < -0.4 is 5.32 Å². The zero-order valence-electron chi connectivity index (χ0n) is 13.9. The highest BCUT2D eigenvalue weighted by atomic mass is 32.1. The minimum absolute atomic E-state index is 0.0462. The molecule has 2 saturated heterocycles. The molecule has 23 heavy (non-hydrogen) atoms. The van der Waals surface area contributed by atoms with Crippen molar-refractivity contribution in [1.82, 2.24) is 15.1 Å². The maximum absolute atomic E-state index is 12.9. The molecule has 2 aliphatic rings. The van der Waals surface area contributed by atoms with E-state index in [0.29, 0.717) is 18.6 Å². The number of nitrogens with zero attached hydrogens (tertiary/aromatic N) is 2. The quantitative estimate of drug-likeness (QED) is 0.917. The molecule has 1 N–H and O–H groups in total. The second-order valence-electron chi connectivity index (χ2n) is 6.57. The summed E-state index contributed by atoms with van der Waals surface area (Å²) in [5.41, 5.74) is 0. The van der Waals surface area contributed by atoms with E-state index in [1.807, 2.05) is 12.1 Å². The van der Waals surface area contributed by atoms with Crippen LogP contribution in [-0.2, 0) is 11.3 Å². The van der Waals surface area contributed by atoms with Crippen LogP contribution in [0, 0.1) is 0 Å². The van der Waals surface area contributed by atoms with Crippen LogP contribution in [0.3, 0.4) is 0 Å². The fraction of sp³-hybridized carbons (Fsp3) is 0.647. The highest BCUT2D eigenvalue weighted by molar-refractivity contribution is 7.14. The molecular formula is C17H25N3O2S. The Morgan fingerprint density at radius 2 is 1.96 bits per heavy atom. The maximum Gasteiger partial charge on any atom is 0.264 e. The average molecular weight is 335 g/mol. The standard InChI is InChI=1S/C17H25N3O2S/c1-12(21)18-11-13-7-8-16(23-13)17(22)20-10-4-6-15(20)14-5-3-9-19(14)2/h7-8,14-15H,3-6,9-11H2,1-2H3,(H,18,21)/t14-,15-/m1/s1. The number of likely N-dealkylation sites (tertiary alicyclic amines) is 2. The predicted octanol–water partition coefficient (Wildman–Crippen LogP) is 2.08. The number of carbonyl (C=O) groups is 2. The molecule has 0 aromatic carbocycles. The lowest BCUT2D eigenvalue weighted by molar-refractivity contribution is -0.119. The molecule has 2 aliphatic heterocycles. The first-order valence-corrected chi connectivity index (χ1v) is 9.22. The maximum atomic E-state index is 12.9. The van der Waals surface area contributed by atoms with E-state index in [4.69, 9.17) is 0 Å². The molecular weight excluding hydrogens is 310 g/mol. The molecule has 126 valence electrons. The fourth-order valence-electron chi connectivity index (χ4n) is 3.81. The zero-order chi connectivity index (χ0) is 16.4. The normalized spacial score (nSPS) is 25.0. The lowest BCUT2D eigenvalue weighted by Gasteiger charge is -2.33. The number of amides is 2. The van der Waals surface area contributed by atoms with Crippen molar-refractivity contribution in [2.45, 2.75) is 51.2 Å². The van der Waals surface area contributed by atoms with E-state index in [1.54, 1.807) is 0 Å². The molecule has 6 heteroatoms. The molecule has 2 atom stereocenters. The van der Waals surface area contributed by atoms with Crippen LogP contribution in [0.15, 0.2) is 12.1 Å². The van der Waals surface area contributed by atoms with Gasteiger partial charge in [-0.15, -0.1) is 11.3 Å². The van der Waals surface area contributed by atoms with E-state index in [9.17, 15) is 9.59 Å². The predicted molar refractivity (Wildman–Crippen MR) is 91.6 cm³/mol. The molecule has 0 unspecified atom stereocenters. The van der Waals surface area contributed by atoms with Gasteiger partial charge in [0.1, 0.15) is 0 Å². The Kier molecular flexibility index (Phi) is 5.02. The number of likely N-dealkylation sites (N-methyl/N-ethyl adjacent to an activating group) is 1. The van der Waals surface area contributed by atoms with Gasteiger partial charge in [0, 0.05) is 30.4 Å². The Morgan fingerprint density at radius 1 is 1.22 bits per heavy atom. The first-order chi connectivity index (χ1) is 11.1. The fourth-order valence-corrected chi connectivity index (χ4v) is 4.71. The van der Waals surface area contributed by atoms with Gasteiger partial charge in [0.25, 0.3) is 5.91 Å². The van der Waals surface area contributed by atoms with Crippen LogP contribution in [0.5, 0.6) is 0 Å². The zero-order valence-corrected chi connectivity index (χ0v) is 14.7. The van der Waals surface area contributed by atoms with Crippen LogP contribution in [0.1, 0.15) is 47.2 Å². The summed E-state index contributed by atoms with van der Waals surface area (Å²) in [6, 6.07) is 4.72. The highest BCUT2D eigenvalue weighted by Gasteiger charge is 2.38. The third-order valence-electron chi connectivity index (χ3n) is 4.97. The van der Waals surface area contributed by atoms with Gasteiger partial charge in [-0.25, -0.2) is 0 Å². The van der Waals surface area contributed by atoms with Gasteiger partial charge in [-0.1, -0.05) is 0 Å². The van der Waals surface area contributed by atoms with Crippen molar-refractivity contribution in [1.29, 1.82) is 0 Å². The molecule has 3 rings (SSSR count). The number of thiophene rings is 1. The van der Waals surface area contributed by atoms with Gasteiger partial charge in [-0.2, -0.15) is 0 Å². The summed E-state index contributed by atoms with van der Waals surface area (Å²) in [6.45, 7) is 4.02. The van der Waals surface area contributed by atoms with Crippen LogP contribution in [-0.4, -0.2) is 53.8 Å². The van der Waals surface area contributed by atoms with Crippen molar-refractivity contribution in [3.8, 4) is 0 Å². The van der Waals surface area contributed by atoms with Crippen LogP contribution in [0.2, 0.25) is 0 Å². The van der Waals surface area contributed by atoms with Crippen molar-refractivity contribution in [3.63, 3.8) is 0 Å². The lowest BCUT2D eigenvalue weighted by atomic mass is 10.0. The van der Waals surface area contributed by atoms with E-state index in [0.717, 1.165) is 35.7 Å². The second kappa shape index (κ2) is 7.01. The summed E-state index contributed by atoms with van der Waals surface area (Å²) in [4.78, 5) is 30.2. The van der Waals surface area contributed by atoms with E-state index in [1.165, 1.54) is 31.1 Å². The number of nitrogens with one attached hydrogen (secondary N) is 1. The molecule has 1 aromatic heterocycles. The summed E-state index contributed by atoms with van der Waals surface area (Å²) < 4.78 is 0. The van der Waals surface area contributed by atoms with Crippen molar-refractivity contribution in [2.24, 2.45) is 0 Å². The topological polar surface area (TPSA) is 52.7 Å². The first kappa shape index (κ1) is 16.5. The van der Waals surface area contributed by atoms with Gasteiger partial charge >= 0.3 is 0 Å². The number of carbonyl (C=O) groups excluding carboxylic acids is 2. The van der Waals surface area contributed by atoms with E-state index < -0.39 is 0 Å². The second-order valence-corrected chi connectivity index (χ2v) is 7.74. The monoisotopic (exact) mass is 335 g/mol. The average Bonchev–Trinajstić information content (AvgIpc) is 3.24. The minimum atomic E-state index is -0.0462. The van der Waals surface area contributed by atoms with E-state index >= 15 is 0 Å². The smallest absolute Gasteiger partial charge is 0.264 e. The van der Waals surface area contributed by atoms with Crippen molar-refractivity contribution in [3.05, 3.63) is 21.9 Å². The Labute approximate surface area is 141 Å². The molecule has 0 radical (unpaired) electrons. The summed E-state index contributed by atoms with van der Waals surface area (Å²) in [7, 11) is 2.18. The molecule has 0 spiro atoms. The Morgan fingerprint density at radius 3 is 2.65 bits per heavy atom. The van der Waals surface area contributed by atoms with Crippen molar-refractivity contribution >= 4 is 23.2 Å². The van der Waals surface area contributed by atoms with E-state index in [-0.39, 0.29) is 11.8 Å². The number of hydrogen-bond donors (Lipinski definition) is 1. The first-order valence-electron chi connectivity index (χ1n) is 8.40. The van der Waals surface area contributed by atoms with Gasteiger partial charge in [0.05, 0.1) is 11.4 Å². The van der Waals surface area contributed by atoms with Gasteiger partial charge in [0.15, 0.2) is 0 Å². The largest absolute Gasteiger partial charge is 0.351 e. The molecule has 0 bridgehead atoms. The molecule has 2 amide bonds. The summed E-state index contributed by atoms with van der Waals surface area (Å²) in [5.74, 6) is 0.113. The van der Waals surface area contributed by atoms with Gasteiger partial charge < -0.3 is 15.1 Å². The number of hydrogen-bond acceptors (Lipinski definition) is 4. The third kappa shape index (κ3) is 3.58. The summed E-state index contributed by atoms with van der Waals surface area (Å²) in [6.07, 6.45) is 4.65. The third-order valence-corrected chi connectivity index (χ3v) is 6.04. The highest BCUT2D eigenvalue weighted by Crippen LogP contribution is 2.31. The molecule has 0 aliphatic carbocycles. The Bertz CT molecular complexity index is 586. The van der Waals surface area contributed by atoms with Crippen molar-refractivity contribution in [2.75, 3.05) is 20.1 Å². The van der Waals surface area contributed by atoms with Crippen LogP contribution >= 0.6 is 11.3 Å². The molecule has 1 aromatic rings. The van der Waals surface area contributed by atoms with Crippen molar-refractivity contribution < 1.29 is 9.59 Å². The van der Waals surface area contributed by atoms with Crippen LogP contribution in [0.4, 0.5) is 0 Å². The molecule has 0 saturated carbocycles. The summed E-state index contributed by atoms with van der Waals surface area (Å²) in [5, 5.41) is 2.78. The summed E-state index contributed by atoms with van der Waals surface area (Å²) >= 11 is 1.50. The lowest BCUT2D eigenvalue weighted by Crippen LogP contribution is -2.46. The van der Waals surface area contributed by atoms with Crippen LogP contribution in [0.25, 0.3) is 0 Å². The van der Waals surface area contributed by atoms with Gasteiger partial charge in [-0.05, 0) is 51.4 Å². The number of rotatable bonds is 4. The minimum Gasteiger partial charge on any atom is -0.351 e. The van der Waals surface area contributed by atoms with E-state index in [2.05, 4.69) is 22.2 Å². The Balaban J connectivity index is 1.68. The Hall–Kier alpha value is -1.40. The van der Waals surface area contributed by atoms with Gasteiger partial charge in [0.2, 0.25) is 5.91 Å². The molecule has 5 nitrogen and oxygen atoms in total. The SMILES string of the molecule is CC(=O)NCc1ccc(C(=O)N2CCC[C@@H]2[C@H]2CCCN2C)s1. The molecule has 2 fully saturated rings. The van der Waals surface area contributed by atoms with Gasteiger partial charge in [-0.3, -0.25) is 9.59 Å².